The van der Waals surface area contributed by atoms with Crippen molar-refractivity contribution in [1.29, 1.82) is 0 Å². The van der Waals surface area contributed by atoms with Crippen molar-refractivity contribution in [3.05, 3.63) is 279 Å². The van der Waals surface area contributed by atoms with Crippen LogP contribution < -0.4 is 21.8 Å². The topological polar surface area (TPSA) is 75.6 Å². The smallest absolute Gasteiger partial charge is 0.288 e. The number of benzene rings is 5. The number of nitrogens with zero attached hydrogens (tertiary/aromatic N) is 4. The second-order valence-corrected chi connectivity index (χ2v) is 59.3. The van der Waals surface area contributed by atoms with Gasteiger partial charge in [0.2, 0.25) is 0 Å². The fourth-order valence-corrected chi connectivity index (χ4v) is 47.1. The maximum absolute atomic E-state index is 11.1. The van der Waals surface area contributed by atoms with Gasteiger partial charge in [-0.25, -0.2) is 0 Å². The maximum Gasteiger partial charge on any atom is 0.288 e. The molecule has 5 aromatic carbocycles. The third-order valence-corrected chi connectivity index (χ3v) is 53.7. The Kier molecular flexibility index (Phi) is 34.8. The monoisotopic (exact) mass is 2130 g/mol. The van der Waals surface area contributed by atoms with Gasteiger partial charge in [0.25, 0.3) is 4.06 Å². The van der Waals surface area contributed by atoms with Crippen LogP contribution in [-0.4, -0.2) is 109 Å². The van der Waals surface area contributed by atoms with E-state index in [-0.39, 0.29) is 33.1 Å². The van der Waals surface area contributed by atoms with Crippen molar-refractivity contribution < 1.29 is 4.74 Å². The minimum Gasteiger partial charge on any atom is -0.490 e. The number of rotatable bonds is 13. The van der Waals surface area contributed by atoms with Crippen LogP contribution >= 0.6 is 220 Å². The van der Waals surface area contributed by atoms with Gasteiger partial charge < -0.3 is 14.5 Å². The van der Waals surface area contributed by atoms with Gasteiger partial charge in [-0.1, -0.05) is 127 Å². The van der Waals surface area contributed by atoms with Crippen LogP contribution in [0.5, 0.6) is 5.75 Å². The van der Waals surface area contributed by atoms with Crippen LogP contribution in [0.2, 0.25) is 0 Å². The van der Waals surface area contributed by atoms with Gasteiger partial charge in [-0.15, -0.1) is 174 Å². The number of aromatic nitrogens is 2. The molecule has 21 rings (SSSR count). The molecule has 0 aliphatic carbocycles. The van der Waals surface area contributed by atoms with Crippen LogP contribution in [0.4, 0.5) is 22.7 Å². The number of hydrogen-bond donors (Lipinski definition) is 0. The van der Waals surface area contributed by atoms with Crippen LogP contribution in [0.25, 0.3) is 28.8 Å². The zero-order valence-corrected chi connectivity index (χ0v) is 91.1. The summed E-state index contributed by atoms with van der Waals surface area (Å²) in [4.78, 5) is 69.2. The molecule has 0 bridgehead atoms. The van der Waals surface area contributed by atoms with Crippen LogP contribution in [0.3, 0.4) is 0 Å². The number of aryl methyl sites for hydroxylation is 14. The van der Waals surface area contributed by atoms with E-state index in [4.69, 9.17) is 4.74 Å². The maximum atomic E-state index is 11.1. The molecule has 0 saturated heterocycles. The molecule has 650 valence electrons. The Morgan fingerprint density at radius 1 is 0.392 bits per heavy atom. The Morgan fingerprint density at radius 2 is 0.800 bits per heavy atom. The van der Waals surface area contributed by atoms with Crippen LogP contribution in [-0.2, 0) is 0 Å². The molecule has 0 radical (unpaired) electrons. The number of thiophene rings is 7. The second kappa shape index (κ2) is 45.3. The standard InChI is InChI=1S/C34H32N2S3.C17H15NS3.C13H13NS3.C11H16S4.C8H10OS2.C7H6OS3.C7H6OSSe2/c1-25-33-34(26(2)37-25)39-32(24-36(29-19-11-5-12-20-29)30-21-13-6-14-22-30)31(38-33)23-35(27-15-7-3-8-16-27)28-17-9-4-10-18-28;1-10-16-17(11(2)20-10)21-14(9-19-16)13-7-3-5-12-6-4-8-18-15(12)13;1-8-12-13(9(2)16-8)17-11(7-15-12)10-3-5-14-6-4-10;1-4-12-5-9-6-13-10-7(2)14-8(3)11(10)15-9;1-5-7-8(6(2)11-5)10-4-3-9-7;2*1-3-5-6(4(2)9-3)11-7(8)10-5/h3-22,31-32H,23-24H2,1-2H3;3-8,14H,9H2,1-2H3;3-6,11H,7H2,1-2H3;9H,4-6H2,1-3H3;3-4H2,1-2H3;2*1-2H3. The molecule has 16 heterocycles. The number of ether oxygens (including phenoxy) is 1. The Bertz CT molecular complexity index is 6030. The van der Waals surface area contributed by atoms with Gasteiger partial charge >= 0.3 is 80.4 Å². The Labute approximate surface area is 827 Å². The van der Waals surface area contributed by atoms with Crippen molar-refractivity contribution in [2.75, 3.05) is 64.0 Å². The van der Waals surface area contributed by atoms with Gasteiger partial charge in [0.1, 0.15) is 5.75 Å². The molecule has 0 saturated carbocycles. The first kappa shape index (κ1) is 95.9. The van der Waals surface area contributed by atoms with E-state index in [0.717, 1.165) is 47.7 Å². The summed E-state index contributed by atoms with van der Waals surface area (Å²) < 4.78 is 11.5. The average Bonchev–Trinajstić information content (AvgIpc) is 1.72. The molecule has 28 heteroatoms. The predicted octanol–water partition coefficient (Wildman–Crippen LogP) is 32.1. The number of fused-ring (bicyclic) bond motifs is 8. The SMILES string of the molecule is CCSCC1CSc2c(C)sc(C)c2S1.Cc1sc(C)c2[se]c(=O)[se]c12.Cc1sc(C)c2c1OCCS2.Cc1sc(C)c2c1SC(CN(c1ccccc1)c1ccccc1)C(CN(c1ccccc1)c1ccccc1)S2.Cc1sc(C)c2c1SCC(c1cccc3cccnc13)S2.Cc1sc(C)c2c1SCC(c1ccncc1)S2.Cc1sc(C)c2sc(=O)sc12. The minimum absolute atomic E-state index is 0.171. The largest absolute Gasteiger partial charge is 0.490 e. The van der Waals surface area contributed by atoms with Crippen molar-refractivity contribution in [3.8, 4) is 5.75 Å². The number of pyridine rings is 2. The van der Waals surface area contributed by atoms with E-state index in [9.17, 15) is 9.59 Å². The molecule has 5 atom stereocenters. The molecular weight excluding hydrogens is 2040 g/mol. The number of para-hydroxylation sites is 5. The first-order valence-electron chi connectivity index (χ1n) is 41.1. The first-order chi connectivity index (χ1) is 60.5. The van der Waals surface area contributed by atoms with Crippen molar-refractivity contribution in [2.24, 2.45) is 0 Å². The van der Waals surface area contributed by atoms with E-state index < -0.39 is 0 Å². The molecule has 5 unspecified atom stereocenters. The van der Waals surface area contributed by atoms with E-state index in [2.05, 4.69) is 340 Å². The van der Waals surface area contributed by atoms with E-state index in [1.54, 1.807) is 21.1 Å². The van der Waals surface area contributed by atoms with E-state index in [1.807, 2.05) is 151 Å². The molecule has 11 aromatic heterocycles. The molecule has 0 spiro atoms. The molecule has 5 aliphatic rings. The zero-order chi connectivity index (χ0) is 87.5. The van der Waals surface area contributed by atoms with Gasteiger partial charge in [0, 0.05) is 213 Å². The van der Waals surface area contributed by atoms with Crippen molar-refractivity contribution in [1.82, 2.24) is 9.97 Å². The first-order valence-corrected chi connectivity index (χ1v) is 61.3. The third-order valence-electron chi connectivity index (χ3n) is 20.9. The van der Waals surface area contributed by atoms with Crippen LogP contribution in [0, 0.1) is 96.9 Å². The normalized spacial score (nSPS) is 16.5. The summed E-state index contributed by atoms with van der Waals surface area (Å²) in [5.41, 5.74) is 8.87. The van der Waals surface area contributed by atoms with Crippen LogP contribution in [0.15, 0.2) is 236 Å². The fourth-order valence-electron chi connectivity index (χ4n) is 15.1. The zero-order valence-electron chi connectivity index (χ0n) is 72.2. The third kappa shape index (κ3) is 23.6. The summed E-state index contributed by atoms with van der Waals surface area (Å²) >= 11 is 36.7. The fraction of sp³-hybridized carbons (Fsp3) is 0.299. The van der Waals surface area contributed by atoms with Crippen molar-refractivity contribution in [3.63, 3.8) is 0 Å². The second-order valence-electron chi connectivity index (χ2n) is 29.8. The predicted molar refractivity (Wildman–Crippen MR) is 577 cm³/mol. The Morgan fingerprint density at radius 3 is 1.28 bits per heavy atom. The molecular formula is C97H98N4O3S19Se2. The van der Waals surface area contributed by atoms with E-state index in [1.165, 1.54) is 205 Å². The number of hydrogen-bond acceptors (Lipinski definition) is 26. The van der Waals surface area contributed by atoms with Crippen molar-refractivity contribution >= 4 is 300 Å². The van der Waals surface area contributed by atoms with Gasteiger partial charge in [0.15, 0.2) is 0 Å². The number of thioether (sulfide) groups is 10. The molecule has 16 aromatic rings. The van der Waals surface area contributed by atoms with Crippen LogP contribution in [0.1, 0.15) is 96.8 Å². The van der Waals surface area contributed by atoms with Crippen molar-refractivity contribution in [2.45, 2.75) is 174 Å². The molecule has 0 N–H and O–H groups in total. The summed E-state index contributed by atoms with van der Waals surface area (Å²) in [6, 6.07) is 58.4. The van der Waals surface area contributed by atoms with Gasteiger partial charge in [-0.3, -0.25) is 14.8 Å². The molecule has 125 heavy (non-hydrogen) atoms. The minimum atomic E-state index is 0.171. The molecule has 5 aliphatic heterocycles. The number of anilines is 4. The quantitative estimate of drug-likeness (QED) is 0.103. The summed E-state index contributed by atoms with van der Waals surface area (Å²) in [5, 5.41) is 3.91. The van der Waals surface area contributed by atoms with Gasteiger partial charge in [0.05, 0.1) is 26.4 Å². The summed E-state index contributed by atoms with van der Waals surface area (Å²) in [6.45, 7) is 35.7. The Balaban J connectivity index is 0.000000120. The molecule has 0 amide bonds. The summed E-state index contributed by atoms with van der Waals surface area (Å²) in [7, 11) is 0. The average molecular weight is 2140 g/mol. The Hall–Kier alpha value is -3.72. The van der Waals surface area contributed by atoms with E-state index >= 15 is 0 Å². The van der Waals surface area contributed by atoms with Gasteiger partial charge in [-0.05, 0) is 167 Å². The van der Waals surface area contributed by atoms with Gasteiger partial charge in [-0.2, -0.15) is 11.8 Å². The summed E-state index contributed by atoms with van der Waals surface area (Å²) in [5.74, 6) is 8.39. The molecule has 7 nitrogen and oxygen atoms in total. The van der Waals surface area contributed by atoms with E-state index in [0.29, 0.717) is 24.2 Å². The molecule has 0 fully saturated rings. The summed E-state index contributed by atoms with van der Waals surface area (Å²) in [6.07, 6.45) is 5.68.